The van der Waals surface area contributed by atoms with E-state index in [4.69, 9.17) is 9.84 Å². The van der Waals surface area contributed by atoms with Crippen LogP contribution in [0.5, 0.6) is 0 Å². The molecule has 1 N–H and O–H groups in total. The fraction of sp³-hybridized carbons (Fsp3) is 0.467. The van der Waals surface area contributed by atoms with E-state index in [1.165, 1.54) is 22.5 Å². The molecule has 126 valence electrons. The topological polar surface area (TPSA) is 101 Å². The second-order valence-electron chi connectivity index (χ2n) is 5.26. The predicted octanol–water partition coefficient (Wildman–Crippen LogP) is 1.35. The standard InChI is InChI=1S/C15H19NO6S/c1-2-22-15(19)11-6-8-16(9-7-11)23(20,21)13-5-3-4-12(10-13)14(17)18/h3-5,10-11H,2,6-9H2,1H3,(H,17,18). The van der Waals surface area contributed by atoms with E-state index in [1.54, 1.807) is 6.92 Å². The number of carbonyl (C=O) groups excluding carboxylic acids is 1. The van der Waals surface area contributed by atoms with Gasteiger partial charge in [0.05, 0.1) is 23.0 Å². The first-order valence-corrected chi connectivity index (χ1v) is 8.80. The highest BCUT2D eigenvalue weighted by atomic mass is 32.2. The molecule has 1 aliphatic heterocycles. The molecule has 0 bridgehead atoms. The molecule has 0 aliphatic carbocycles. The Kier molecular flexibility index (Phi) is 5.38. The van der Waals surface area contributed by atoms with Crippen molar-refractivity contribution >= 4 is 22.0 Å². The number of carboxylic acids is 1. The van der Waals surface area contributed by atoms with Crippen molar-refractivity contribution in [3.05, 3.63) is 29.8 Å². The van der Waals surface area contributed by atoms with Crippen LogP contribution in [0.1, 0.15) is 30.1 Å². The molecule has 1 aromatic rings. The fourth-order valence-electron chi connectivity index (χ4n) is 2.53. The highest BCUT2D eigenvalue weighted by Crippen LogP contribution is 2.25. The lowest BCUT2D eigenvalue weighted by Gasteiger charge is -2.30. The number of hydrogen-bond donors (Lipinski definition) is 1. The number of nitrogens with zero attached hydrogens (tertiary/aromatic N) is 1. The molecule has 7 nitrogen and oxygen atoms in total. The lowest BCUT2D eigenvalue weighted by Crippen LogP contribution is -2.40. The van der Waals surface area contributed by atoms with Gasteiger partial charge in [0.2, 0.25) is 10.0 Å². The van der Waals surface area contributed by atoms with Crippen LogP contribution in [0.3, 0.4) is 0 Å². The Bertz CT molecular complexity index is 692. The van der Waals surface area contributed by atoms with E-state index in [0.717, 1.165) is 6.07 Å². The molecular weight excluding hydrogens is 322 g/mol. The van der Waals surface area contributed by atoms with E-state index in [-0.39, 0.29) is 35.4 Å². The summed E-state index contributed by atoms with van der Waals surface area (Å²) in [4.78, 5) is 22.6. The van der Waals surface area contributed by atoms with E-state index in [1.807, 2.05) is 0 Å². The summed E-state index contributed by atoms with van der Waals surface area (Å²) >= 11 is 0. The van der Waals surface area contributed by atoms with E-state index in [2.05, 4.69) is 0 Å². The number of carboxylic acid groups (broad SMARTS) is 1. The van der Waals surface area contributed by atoms with Crippen molar-refractivity contribution in [3.63, 3.8) is 0 Å². The van der Waals surface area contributed by atoms with Crippen LogP contribution in [-0.2, 0) is 19.6 Å². The molecule has 1 aliphatic rings. The maximum Gasteiger partial charge on any atom is 0.335 e. The molecule has 0 spiro atoms. The lowest BCUT2D eigenvalue weighted by molar-refractivity contribution is -0.149. The summed E-state index contributed by atoms with van der Waals surface area (Å²) in [6.07, 6.45) is 0.799. The van der Waals surface area contributed by atoms with Gasteiger partial charge in [-0.25, -0.2) is 13.2 Å². The molecule has 0 aromatic heterocycles. The minimum Gasteiger partial charge on any atom is -0.478 e. The van der Waals surface area contributed by atoms with Crippen molar-refractivity contribution in [1.82, 2.24) is 4.31 Å². The van der Waals surface area contributed by atoms with Gasteiger partial charge in [0.25, 0.3) is 0 Å². The van der Waals surface area contributed by atoms with Crippen LogP contribution >= 0.6 is 0 Å². The van der Waals surface area contributed by atoms with Crippen molar-refractivity contribution in [2.24, 2.45) is 5.92 Å². The number of aromatic carboxylic acids is 1. The molecule has 23 heavy (non-hydrogen) atoms. The van der Waals surface area contributed by atoms with Crippen molar-refractivity contribution in [1.29, 1.82) is 0 Å². The Morgan fingerprint density at radius 1 is 1.30 bits per heavy atom. The highest BCUT2D eigenvalue weighted by molar-refractivity contribution is 7.89. The van der Waals surface area contributed by atoms with Crippen molar-refractivity contribution in [3.8, 4) is 0 Å². The first-order chi connectivity index (χ1) is 10.9. The van der Waals surface area contributed by atoms with E-state index >= 15 is 0 Å². The lowest BCUT2D eigenvalue weighted by atomic mass is 9.98. The number of piperidine rings is 1. The number of hydrogen-bond acceptors (Lipinski definition) is 5. The van der Waals surface area contributed by atoms with Crippen LogP contribution in [0.25, 0.3) is 0 Å². The summed E-state index contributed by atoms with van der Waals surface area (Å²) in [5, 5.41) is 8.97. The van der Waals surface area contributed by atoms with Gasteiger partial charge in [0.15, 0.2) is 0 Å². The number of rotatable bonds is 5. The number of benzene rings is 1. The second kappa shape index (κ2) is 7.10. The van der Waals surface area contributed by atoms with Gasteiger partial charge in [-0.2, -0.15) is 4.31 Å². The fourth-order valence-corrected chi connectivity index (χ4v) is 4.05. The number of ether oxygens (including phenoxy) is 1. The largest absolute Gasteiger partial charge is 0.478 e. The Balaban J connectivity index is 2.12. The zero-order chi connectivity index (χ0) is 17.0. The molecule has 8 heteroatoms. The zero-order valence-electron chi connectivity index (χ0n) is 12.8. The van der Waals surface area contributed by atoms with Gasteiger partial charge >= 0.3 is 11.9 Å². The summed E-state index contributed by atoms with van der Waals surface area (Å²) in [7, 11) is -3.76. The van der Waals surface area contributed by atoms with Crippen LogP contribution in [-0.4, -0.2) is 49.5 Å². The molecule has 0 radical (unpaired) electrons. The van der Waals surface area contributed by atoms with Crippen LogP contribution in [0.4, 0.5) is 0 Å². The predicted molar refractivity (Wildman–Crippen MR) is 81.5 cm³/mol. The maximum atomic E-state index is 12.6. The normalized spacial score (nSPS) is 16.9. The average molecular weight is 341 g/mol. The summed E-state index contributed by atoms with van der Waals surface area (Å²) in [5.41, 5.74) is -0.0764. The molecule has 2 rings (SSSR count). The molecule has 0 saturated carbocycles. The average Bonchev–Trinajstić information content (AvgIpc) is 2.55. The highest BCUT2D eigenvalue weighted by Gasteiger charge is 2.32. The van der Waals surface area contributed by atoms with Crippen LogP contribution in [0, 0.1) is 5.92 Å². The Labute approximate surface area is 134 Å². The smallest absolute Gasteiger partial charge is 0.335 e. The van der Waals surface area contributed by atoms with E-state index < -0.39 is 16.0 Å². The molecule has 1 heterocycles. The van der Waals surface area contributed by atoms with Gasteiger partial charge in [0.1, 0.15) is 0 Å². The molecule has 1 saturated heterocycles. The minimum absolute atomic E-state index is 0.0491. The number of esters is 1. The third kappa shape index (κ3) is 3.89. The Morgan fingerprint density at radius 3 is 2.52 bits per heavy atom. The van der Waals surface area contributed by atoms with Crippen molar-refractivity contribution < 1.29 is 27.9 Å². The Morgan fingerprint density at radius 2 is 1.96 bits per heavy atom. The molecule has 0 amide bonds. The summed E-state index contributed by atoms with van der Waals surface area (Å²) < 4.78 is 31.4. The first-order valence-electron chi connectivity index (χ1n) is 7.36. The third-order valence-corrected chi connectivity index (χ3v) is 5.69. The molecule has 1 aromatic carbocycles. The molecule has 0 atom stereocenters. The maximum absolute atomic E-state index is 12.6. The van der Waals surface area contributed by atoms with Crippen LogP contribution in [0.2, 0.25) is 0 Å². The quantitative estimate of drug-likeness (QED) is 0.811. The van der Waals surface area contributed by atoms with E-state index in [0.29, 0.717) is 19.4 Å². The minimum atomic E-state index is -3.76. The van der Waals surface area contributed by atoms with Crippen LogP contribution < -0.4 is 0 Å². The van der Waals surface area contributed by atoms with Crippen LogP contribution in [0.15, 0.2) is 29.2 Å². The Hall–Kier alpha value is -1.93. The number of carbonyl (C=O) groups is 2. The van der Waals surface area contributed by atoms with Gasteiger partial charge in [-0.05, 0) is 38.0 Å². The SMILES string of the molecule is CCOC(=O)C1CCN(S(=O)(=O)c2cccc(C(=O)O)c2)CC1. The monoisotopic (exact) mass is 341 g/mol. The zero-order valence-corrected chi connectivity index (χ0v) is 13.6. The number of sulfonamides is 1. The van der Waals surface area contributed by atoms with Gasteiger partial charge in [-0.3, -0.25) is 4.79 Å². The van der Waals surface area contributed by atoms with E-state index in [9.17, 15) is 18.0 Å². The third-order valence-electron chi connectivity index (χ3n) is 3.79. The van der Waals surface area contributed by atoms with Gasteiger partial charge in [-0.1, -0.05) is 6.07 Å². The first kappa shape index (κ1) is 17.4. The van der Waals surface area contributed by atoms with Crippen molar-refractivity contribution in [2.75, 3.05) is 19.7 Å². The molecular formula is C15H19NO6S. The molecule has 0 unspecified atom stereocenters. The van der Waals surface area contributed by atoms with Gasteiger partial charge < -0.3 is 9.84 Å². The second-order valence-corrected chi connectivity index (χ2v) is 7.20. The van der Waals surface area contributed by atoms with Gasteiger partial charge in [0, 0.05) is 13.1 Å². The van der Waals surface area contributed by atoms with Crippen molar-refractivity contribution in [2.45, 2.75) is 24.7 Å². The summed E-state index contributed by atoms with van der Waals surface area (Å²) in [5.74, 6) is -1.76. The van der Waals surface area contributed by atoms with Gasteiger partial charge in [-0.15, -0.1) is 0 Å². The molecule has 1 fully saturated rings. The summed E-state index contributed by atoms with van der Waals surface area (Å²) in [6, 6.07) is 5.27. The summed E-state index contributed by atoms with van der Waals surface area (Å²) in [6.45, 7) is 2.46.